The van der Waals surface area contributed by atoms with Crippen LogP contribution in [0, 0.1) is 0 Å². The molecule has 2 heterocycles. The van der Waals surface area contributed by atoms with Crippen LogP contribution in [0.3, 0.4) is 0 Å². The molecule has 1 aromatic carbocycles. The first-order valence-electron chi connectivity index (χ1n) is 7.80. The van der Waals surface area contributed by atoms with Gasteiger partial charge >= 0.3 is 0 Å². The molecule has 0 radical (unpaired) electrons. The minimum Gasteiger partial charge on any atom is -0.298 e. The van der Waals surface area contributed by atoms with Crippen LogP contribution in [-0.4, -0.2) is 30.1 Å². The first-order chi connectivity index (χ1) is 10.9. The lowest BCUT2D eigenvalue weighted by molar-refractivity contribution is 0.353. The van der Waals surface area contributed by atoms with Crippen LogP contribution in [0.15, 0.2) is 29.3 Å². The Kier molecular flexibility index (Phi) is 3.24. The summed E-state index contributed by atoms with van der Waals surface area (Å²) in [6.45, 7) is 1.61. The monoisotopic (exact) mass is 332 g/mol. The van der Waals surface area contributed by atoms with Crippen LogP contribution in [0.2, 0.25) is 0 Å². The summed E-state index contributed by atoms with van der Waals surface area (Å²) in [4.78, 5) is 2.16. The number of aromatic nitrogens is 2. The normalized spacial score (nSPS) is 18.2. The quantitative estimate of drug-likeness (QED) is 0.930. The van der Waals surface area contributed by atoms with Crippen LogP contribution in [0.1, 0.15) is 35.6 Å². The molecule has 0 atom stereocenters. The van der Waals surface area contributed by atoms with E-state index in [1.807, 2.05) is 25.2 Å². The molecule has 0 amide bonds. The van der Waals surface area contributed by atoms with Gasteiger partial charge < -0.3 is 0 Å². The van der Waals surface area contributed by atoms with Gasteiger partial charge in [-0.25, -0.2) is 0 Å². The van der Waals surface area contributed by atoms with Crippen molar-refractivity contribution < 1.29 is 8.42 Å². The maximum Gasteiger partial charge on any atom is 0.279 e. The topological polar surface area (TPSA) is 67.2 Å². The van der Waals surface area contributed by atoms with Crippen LogP contribution >= 0.6 is 0 Å². The zero-order valence-corrected chi connectivity index (χ0v) is 14.1. The number of fused-ring (bicyclic) bond motifs is 1. The van der Waals surface area contributed by atoms with Gasteiger partial charge in [-0.3, -0.25) is 14.3 Å². The number of sulfonamides is 1. The molecule has 1 aliphatic heterocycles. The van der Waals surface area contributed by atoms with Gasteiger partial charge in [0.05, 0.1) is 11.4 Å². The summed E-state index contributed by atoms with van der Waals surface area (Å²) in [5.41, 5.74) is 3.78. The molecule has 0 spiro atoms. The maximum absolute atomic E-state index is 12.8. The molecule has 0 saturated heterocycles. The molecule has 6 nitrogen and oxygen atoms in total. The molecule has 1 fully saturated rings. The van der Waals surface area contributed by atoms with Crippen LogP contribution in [0.25, 0.3) is 0 Å². The van der Waals surface area contributed by atoms with Crippen molar-refractivity contribution in [2.24, 2.45) is 7.05 Å². The zero-order valence-electron chi connectivity index (χ0n) is 13.3. The first kappa shape index (κ1) is 14.7. The lowest BCUT2D eigenvalue weighted by Crippen LogP contribution is -2.17. The number of anilines is 1. The van der Waals surface area contributed by atoms with Crippen molar-refractivity contribution >= 4 is 15.7 Å². The van der Waals surface area contributed by atoms with E-state index in [-0.39, 0.29) is 5.03 Å². The number of rotatable bonds is 4. The Hall–Kier alpha value is -1.86. The Morgan fingerprint density at radius 2 is 2.00 bits per heavy atom. The second-order valence-electron chi connectivity index (χ2n) is 6.53. The summed E-state index contributed by atoms with van der Waals surface area (Å²) in [5.74, 6) is 0.430. The number of aryl methyl sites for hydroxylation is 1. The number of hydrogen-bond acceptors (Lipinski definition) is 4. The minimum absolute atomic E-state index is 0.225. The predicted molar refractivity (Wildman–Crippen MR) is 87.6 cm³/mol. The summed E-state index contributed by atoms with van der Waals surface area (Å²) in [5, 5.41) is 4.58. The van der Waals surface area contributed by atoms with Gasteiger partial charge in [0.1, 0.15) is 0 Å². The number of nitrogens with zero attached hydrogens (tertiary/aromatic N) is 3. The van der Waals surface area contributed by atoms with Crippen molar-refractivity contribution in [2.75, 3.05) is 11.8 Å². The Bertz CT molecular complexity index is 868. The highest BCUT2D eigenvalue weighted by atomic mass is 32.2. The highest BCUT2D eigenvalue weighted by Crippen LogP contribution is 2.40. The van der Waals surface area contributed by atoms with Gasteiger partial charge in [-0.05, 0) is 37.1 Å². The van der Waals surface area contributed by atoms with Crippen molar-refractivity contribution in [1.29, 1.82) is 0 Å². The van der Waals surface area contributed by atoms with Gasteiger partial charge in [0.15, 0.2) is 5.03 Å². The number of hydrogen-bond donors (Lipinski definition) is 1. The van der Waals surface area contributed by atoms with Gasteiger partial charge in [0, 0.05) is 32.1 Å². The first-order valence-corrected chi connectivity index (χ1v) is 9.28. The molecule has 1 aromatic heterocycles. The molecular weight excluding hydrogens is 312 g/mol. The highest BCUT2D eigenvalue weighted by molar-refractivity contribution is 7.92. The van der Waals surface area contributed by atoms with Crippen molar-refractivity contribution in [2.45, 2.75) is 36.9 Å². The van der Waals surface area contributed by atoms with Gasteiger partial charge in [-0.2, -0.15) is 13.5 Å². The summed E-state index contributed by atoms with van der Waals surface area (Å²) in [7, 11) is 0.0772. The van der Waals surface area contributed by atoms with Crippen molar-refractivity contribution in [3.05, 3.63) is 41.1 Å². The van der Waals surface area contributed by atoms with Crippen molar-refractivity contribution in [3.8, 4) is 0 Å². The lowest BCUT2D eigenvalue weighted by Gasteiger charge is -2.12. The average Bonchev–Trinajstić information content (AvgIpc) is 3.14. The highest BCUT2D eigenvalue weighted by Gasteiger charge is 2.30. The smallest absolute Gasteiger partial charge is 0.279 e. The van der Waals surface area contributed by atoms with Crippen LogP contribution < -0.4 is 4.72 Å². The SMILES string of the molecule is CN1Cc2cccc(NS(=O)(=O)c3cc(C4CC4)nn3C)c2C1. The summed E-state index contributed by atoms with van der Waals surface area (Å²) < 4.78 is 29.8. The van der Waals surface area contributed by atoms with E-state index >= 15 is 0 Å². The Morgan fingerprint density at radius 3 is 2.74 bits per heavy atom. The molecule has 1 saturated carbocycles. The standard InChI is InChI=1S/C16H20N4O2S/c1-19-9-12-4-3-5-14(13(12)10-19)18-23(21,22)16-8-15(11-6-7-11)17-20(16)2/h3-5,8,11,18H,6-7,9-10H2,1-2H3. The van der Waals surface area contributed by atoms with Gasteiger partial charge in [0.2, 0.25) is 0 Å². The van der Waals surface area contributed by atoms with Crippen molar-refractivity contribution in [3.63, 3.8) is 0 Å². The molecular formula is C16H20N4O2S. The molecule has 4 rings (SSSR count). The van der Waals surface area contributed by atoms with E-state index in [1.54, 1.807) is 13.1 Å². The molecule has 1 aliphatic carbocycles. The fourth-order valence-electron chi connectivity index (χ4n) is 3.18. The van der Waals surface area contributed by atoms with E-state index in [0.717, 1.165) is 37.2 Å². The molecule has 2 aliphatic rings. The van der Waals surface area contributed by atoms with E-state index in [0.29, 0.717) is 11.6 Å². The fourth-order valence-corrected chi connectivity index (χ4v) is 4.43. The molecule has 23 heavy (non-hydrogen) atoms. The third-order valence-electron chi connectivity index (χ3n) is 4.51. The Labute approximate surface area is 136 Å². The molecule has 0 unspecified atom stereocenters. The zero-order chi connectivity index (χ0) is 16.2. The van der Waals surface area contributed by atoms with Gasteiger partial charge in [-0.15, -0.1) is 0 Å². The largest absolute Gasteiger partial charge is 0.298 e. The predicted octanol–water partition coefficient (Wildman–Crippen LogP) is 2.04. The van der Waals surface area contributed by atoms with Crippen molar-refractivity contribution in [1.82, 2.24) is 14.7 Å². The van der Waals surface area contributed by atoms with Crippen LogP contribution in [0.4, 0.5) is 5.69 Å². The Balaban J connectivity index is 1.67. The fraction of sp³-hybridized carbons (Fsp3) is 0.438. The van der Waals surface area contributed by atoms with E-state index in [9.17, 15) is 8.42 Å². The summed E-state index contributed by atoms with van der Waals surface area (Å²) in [6.07, 6.45) is 2.20. The van der Waals surface area contributed by atoms with Gasteiger partial charge in [0.25, 0.3) is 10.0 Å². The summed E-state index contributed by atoms with van der Waals surface area (Å²) >= 11 is 0. The van der Waals surface area contributed by atoms with Gasteiger partial charge in [-0.1, -0.05) is 12.1 Å². The second-order valence-corrected chi connectivity index (χ2v) is 8.16. The van der Waals surface area contributed by atoms with Crippen LogP contribution in [0.5, 0.6) is 0 Å². The number of nitrogens with one attached hydrogen (secondary N) is 1. The third-order valence-corrected chi connectivity index (χ3v) is 5.93. The third kappa shape index (κ3) is 2.64. The van der Waals surface area contributed by atoms with E-state index in [4.69, 9.17) is 0 Å². The lowest BCUT2D eigenvalue weighted by atomic mass is 10.1. The molecule has 7 heteroatoms. The van der Waals surface area contributed by atoms with E-state index in [1.165, 1.54) is 10.2 Å². The van der Waals surface area contributed by atoms with Crippen LogP contribution in [-0.2, 0) is 30.2 Å². The molecule has 122 valence electrons. The van der Waals surface area contributed by atoms with E-state index < -0.39 is 10.0 Å². The molecule has 0 bridgehead atoms. The van der Waals surface area contributed by atoms with E-state index in [2.05, 4.69) is 14.7 Å². The molecule has 1 N–H and O–H groups in total. The minimum atomic E-state index is -3.64. The number of benzene rings is 1. The maximum atomic E-state index is 12.8. The Morgan fingerprint density at radius 1 is 1.22 bits per heavy atom. The second kappa shape index (κ2) is 5.07. The summed E-state index contributed by atoms with van der Waals surface area (Å²) in [6, 6.07) is 7.48. The average molecular weight is 332 g/mol. The molecule has 2 aromatic rings.